The van der Waals surface area contributed by atoms with Crippen LogP contribution in [0.1, 0.15) is 46.0 Å². The van der Waals surface area contributed by atoms with E-state index in [2.05, 4.69) is 11.8 Å². The molecule has 0 radical (unpaired) electrons. The predicted molar refractivity (Wildman–Crippen MR) is 71.3 cm³/mol. The summed E-state index contributed by atoms with van der Waals surface area (Å²) in [6, 6.07) is 0.343. The van der Waals surface area contributed by atoms with E-state index in [1.807, 2.05) is 6.92 Å². The third-order valence-electron chi connectivity index (χ3n) is 3.82. The highest BCUT2D eigenvalue weighted by Gasteiger charge is 2.29. The first-order chi connectivity index (χ1) is 8.69. The van der Waals surface area contributed by atoms with Gasteiger partial charge < -0.3 is 9.84 Å². The van der Waals surface area contributed by atoms with Gasteiger partial charge in [-0.15, -0.1) is 0 Å². The Kier molecular flexibility index (Phi) is 7.28. The van der Waals surface area contributed by atoms with E-state index in [0.29, 0.717) is 25.0 Å². The molecule has 0 aromatic rings. The van der Waals surface area contributed by atoms with Crippen LogP contribution >= 0.6 is 0 Å². The smallest absolute Gasteiger partial charge is 0.305 e. The van der Waals surface area contributed by atoms with Crippen LogP contribution in [0.3, 0.4) is 0 Å². The monoisotopic (exact) mass is 257 g/mol. The molecule has 106 valence electrons. The molecular formula is C14H27NO3. The van der Waals surface area contributed by atoms with E-state index in [9.17, 15) is 9.90 Å². The molecule has 0 aromatic carbocycles. The number of rotatable bonds is 8. The van der Waals surface area contributed by atoms with Crippen molar-refractivity contribution in [3.05, 3.63) is 0 Å². The maximum atomic E-state index is 11.1. The number of carbonyl (C=O) groups excluding carboxylic acids is 1. The van der Waals surface area contributed by atoms with Crippen LogP contribution in [0.4, 0.5) is 0 Å². The van der Waals surface area contributed by atoms with Gasteiger partial charge in [0, 0.05) is 12.5 Å². The molecule has 0 bridgehead atoms. The van der Waals surface area contributed by atoms with Crippen LogP contribution in [0.5, 0.6) is 0 Å². The third kappa shape index (κ3) is 4.94. The normalized spacial score (nSPS) is 24.4. The second kappa shape index (κ2) is 8.48. The molecule has 1 rings (SSSR count). The summed E-state index contributed by atoms with van der Waals surface area (Å²) in [5.74, 6) is 0.523. The minimum absolute atomic E-state index is 0.0828. The van der Waals surface area contributed by atoms with E-state index < -0.39 is 0 Å². The summed E-state index contributed by atoms with van der Waals surface area (Å²) in [4.78, 5) is 13.5. The van der Waals surface area contributed by atoms with Crippen molar-refractivity contribution in [1.82, 2.24) is 4.90 Å². The van der Waals surface area contributed by atoms with Crippen molar-refractivity contribution in [1.29, 1.82) is 0 Å². The van der Waals surface area contributed by atoms with Crippen LogP contribution in [0.15, 0.2) is 0 Å². The number of likely N-dealkylation sites (tertiary alicyclic amines) is 1. The Morgan fingerprint density at radius 2 is 2.17 bits per heavy atom. The molecule has 1 fully saturated rings. The van der Waals surface area contributed by atoms with Crippen LogP contribution in [0.2, 0.25) is 0 Å². The molecule has 0 amide bonds. The lowest BCUT2D eigenvalue weighted by Crippen LogP contribution is -2.35. The molecule has 0 aliphatic carbocycles. The Morgan fingerprint density at radius 3 is 2.83 bits per heavy atom. The topological polar surface area (TPSA) is 49.8 Å². The average molecular weight is 257 g/mol. The van der Waals surface area contributed by atoms with Crippen molar-refractivity contribution < 1.29 is 14.6 Å². The van der Waals surface area contributed by atoms with Gasteiger partial charge in [-0.3, -0.25) is 9.69 Å². The van der Waals surface area contributed by atoms with Gasteiger partial charge in [0.05, 0.1) is 13.2 Å². The molecule has 1 N–H and O–H groups in total. The zero-order chi connectivity index (χ0) is 13.4. The number of ether oxygens (including phenoxy) is 1. The first-order valence-electron chi connectivity index (χ1n) is 7.19. The fraction of sp³-hybridized carbons (Fsp3) is 0.929. The van der Waals surface area contributed by atoms with Crippen LogP contribution in [-0.2, 0) is 9.53 Å². The molecule has 1 heterocycles. The highest BCUT2D eigenvalue weighted by Crippen LogP contribution is 2.23. The Bertz CT molecular complexity index is 245. The van der Waals surface area contributed by atoms with Gasteiger partial charge in [0.15, 0.2) is 0 Å². The largest absolute Gasteiger partial charge is 0.466 e. The van der Waals surface area contributed by atoms with Gasteiger partial charge in [-0.05, 0) is 45.2 Å². The highest BCUT2D eigenvalue weighted by molar-refractivity contribution is 5.69. The minimum atomic E-state index is -0.0828. The number of aliphatic hydroxyl groups is 1. The van der Waals surface area contributed by atoms with Crippen molar-refractivity contribution in [3.8, 4) is 0 Å². The molecule has 1 saturated heterocycles. The molecule has 0 spiro atoms. The van der Waals surface area contributed by atoms with Gasteiger partial charge in [0.1, 0.15) is 0 Å². The molecule has 4 nitrogen and oxygen atoms in total. The molecule has 2 unspecified atom stereocenters. The third-order valence-corrected chi connectivity index (χ3v) is 3.82. The molecule has 0 aromatic heterocycles. The first kappa shape index (κ1) is 15.4. The summed E-state index contributed by atoms with van der Waals surface area (Å²) >= 11 is 0. The van der Waals surface area contributed by atoms with Gasteiger partial charge in [-0.1, -0.05) is 13.3 Å². The number of unbranched alkanes of at least 4 members (excludes halogenated alkanes) is 2. The van der Waals surface area contributed by atoms with Gasteiger partial charge in [-0.25, -0.2) is 0 Å². The van der Waals surface area contributed by atoms with Gasteiger partial charge >= 0.3 is 5.97 Å². The number of carbonyl (C=O) groups is 1. The quantitative estimate of drug-likeness (QED) is 0.532. The van der Waals surface area contributed by atoms with Crippen LogP contribution in [0.25, 0.3) is 0 Å². The van der Waals surface area contributed by atoms with Gasteiger partial charge in [0.25, 0.3) is 0 Å². The maximum absolute atomic E-state index is 11.1. The summed E-state index contributed by atoms with van der Waals surface area (Å²) in [7, 11) is 0. The highest BCUT2D eigenvalue weighted by atomic mass is 16.5. The number of hydrogen-bond donors (Lipinski definition) is 1. The van der Waals surface area contributed by atoms with Crippen LogP contribution in [0, 0.1) is 5.92 Å². The van der Waals surface area contributed by atoms with E-state index >= 15 is 0 Å². The summed E-state index contributed by atoms with van der Waals surface area (Å²) in [5, 5.41) is 9.34. The number of hydrogen-bond acceptors (Lipinski definition) is 4. The fourth-order valence-corrected chi connectivity index (χ4v) is 2.65. The summed E-state index contributed by atoms with van der Waals surface area (Å²) in [6.45, 7) is 6.93. The van der Waals surface area contributed by atoms with E-state index in [1.54, 1.807) is 0 Å². The van der Waals surface area contributed by atoms with Gasteiger partial charge in [0.2, 0.25) is 0 Å². The minimum Gasteiger partial charge on any atom is -0.466 e. The van der Waals surface area contributed by atoms with E-state index in [1.165, 1.54) is 6.42 Å². The number of nitrogens with zero attached hydrogens (tertiary/aromatic N) is 1. The lowest BCUT2D eigenvalue weighted by Gasteiger charge is -2.24. The second-order valence-electron chi connectivity index (χ2n) is 5.17. The lowest BCUT2D eigenvalue weighted by atomic mass is 10.0. The predicted octanol–water partition coefficient (Wildman–Crippen LogP) is 1.81. The van der Waals surface area contributed by atoms with Crippen molar-refractivity contribution in [2.45, 2.75) is 52.0 Å². The molecule has 0 saturated carbocycles. The van der Waals surface area contributed by atoms with Crippen molar-refractivity contribution in [2.24, 2.45) is 5.92 Å². The number of esters is 1. The average Bonchev–Trinajstić information content (AvgIpc) is 2.70. The Morgan fingerprint density at radius 1 is 1.39 bits per heavy atom. The second-order valence-corrected chi connectivity index (χ2v) is 5.17. The molecule has 4 heteroatoms. The molecular weight excluding hydrogens is 230 g/mol. The Labute approximate surface area is 110 Å². The van der Waals surface area contributed by atoms with Crippen molar-refractivity contribution in [2.75, 3.05) is 26.3 Å². The van der Waals surface area contributed by atoms with Crippen LogP contribution < -0.4 is 0 Å². The van der Waals surface area contributed by atoms with E-state index in [4.69, 9.17) is 4.74 Å². The van der Waals surface area contributed by atoms with E-state index in [0.717, 1.165) is 32.4 Å². The van der Waals surface area contributed by atoms with E-state index in [-0.39, 0.29) is 12.6 Å². The summed E-state index contributed by atoms with van der Waals surface area (Å²) in [6.07, 6.45) is 4.79. The van der Waals surface area contributed by atoms with Crippen molar-refractivity contribution in [3.63, 3.8) is 0 Å². The summed E-state index contributed by atoms with van der Waals surface area (Å²) < 4.78 is 4.89. The van der Waals surface area contributed by atoms with Crippen molar-refractivity contribution >= 4 is 5.97 Å². The maximum Gasteiger partial charge on any atom is 0.305 e. The fourth-order valence-electron chi connectivity index (χ4n) is 2.65. The molecule has 18 heavy (non-hydrogen) atoms. The standard InChI is InChI=1S/C14H27NO3/c1-3-18-14(17)7-5-4-6-9-15-10-8-12(2)13(15)11-16/h12-13,16H,3-11H2,1-2H3. The van der Waals surface area contributed by atoms with Crippen LogP contribution in [-0.4, -0.2) is 48.3 Å². The lowest BCUT2D eigenvalue weighted by molar-refractivity contribution is -0.143. The van der Waals surface area contributed by atoms with Gasteiger partial charge in [-0.2, -0.15) is 0 Å². The molecule has 1 aliphatic rings. The zero-order valence-electron chi connectivity index (χ0n) is 11.7. The number of aliphatic hydroxyl groups excluding tert-OH is 1. The molecule has 2 atom stereocenters. The Balaban J connectivity index is 2.06. The Hall–Kier alpha value is -0.610. The zero-order valence-corrected chi connectivity index (χ0v) is 11.7. The SMILES string of the molecule is CCOC(=O)CCCCCN1CCC(C)C1CO. The molecule has 1 aliphatic heterocycles. The summed E-state index contributed by atoms with van der Waals surface area (Å²) in [5.41, 5.74) is 0. The first-order valence-corrected chi connectivity index (χ1v) is 7.19.